The number of rotatable bonds is 6. The van der Waals surface area contributed by atoms with Gasteiger partial charge in [0.25, 0.3) is 0 Å². The number of allylic oxidation sites excluding steroid dienone is 1. The monoisotopic (exact) mass is 653 g/mol. The van der Waals surface area contributed by atoms with E-state index in [1.807, 2.05) is 48.5 Å². The second kappa shape index (κ2) is 12.8. The van der Waals surface area contributed by atoms with Crippen LogP contribution < -0.4 is 0 Å². The van der Waals surface area contributed by atoms with E-state index in [4.69, 9.17) is 6.42 Å². The van der Waals surface area contributed by atoms with Crippen LogP contribution in [0.4, 0.5) is 0 Å². The highest BCUT2D eigenvalue weighted by Gasteiger charge is 2.23. The minimum absolute atomic E-state index is 0.531. The Morgan fingerprint density at radius 3 is 2.33 bits per heavy atom. The second-order valence-corrected chi connectivity index (χ2v) is 12.8. The van der Waals surface area contributed by atoms with Gasteiger partial charge in [-0.1, -0.05) is 72.8 Å². The molecular weight excluding hydrogens is 623 g/mol. The highest BCUT2D eigenvalue weighted by Crippen LogP contribution is 2.40. The van der Waals surface area contributed by atoms with Gasteiger partial charge in [-0.15, -0.1) is 12.3 Å². The Balaban J connectivity index is 1.31. The Hall–Kier alpha value is -7.05. The zero-order valence-corrected chi connectivity index (χ0v) is 28.1. The number of nitriles is 3. The van der Waals surface area contributed by atoms with Gasteiger partial charge in [0.15, 0.2) is 0 Å². The van der Waals surface area contributed by atoms with Gasteiger partial charge in [0.2, 0.25) is 0 Å². The van der Waals surface area contributed by atoms with Gasteiger partial charge < -0.3 is 9.13 Å². The smallest absolute Gasteiger partial charge is 0.101 e. The summed E-state index contributed by atoms with van der Waals surface area (Å²) in [5, 5.41) is 32.7. The third-order valence-electron chi connectivity index (χ3n) is 10.1. The van der Waals surface area contributed by atoms with Crippen LogP contribution in [-0.4, -0.2) is 9.13 Å². The zero-order valence-electron chi connectivity index (χ0n) is 28.1. The molecule has 0 fully saturated rings. The second-order valence-electron chi connectivity index (χ2n) is 12.8. The Morgan fingerprint density at radius 2 is 1.51 bits per heavy atom. The van der Waals surface area contributed by atoms with Crippen molar-refractivity contribution in [2.75, 3.05) is 0 Å². The number of para-hydroxylation sites is 2. The van der Waals surface area contributed by atoms with Crippen LogP contribution in [0.3, 0.4) is 0 Å². The van der Waals surface area contributed by atoms with Crippen LogP contribution in [0.15, 0.2) is 109 Å². The molecule has 1 aliphatic carbocycles. The molecule has 240 valence electrons. The molecule has 0 radical (unpaired) electrons. The lowest BCUT2D eigenvalue weighted by atomic mass is 9.95. The first kappa shape index (κ1) is 31.2. The summed E-state index contributed by atoms with van der Waals surface area (Å²) >= 11 is 0. The fourth-order valence-electron chi connectivity index (χ4n) is 7.77. The van der Waals surface area contributed by atoms with Crippen LogP contribution in [-0.2, 0) is 12.8 Å². The molecule has 5 heteroatoms. The van der Waals surface area contributed by atoms with E-state index in [2.05, 4.69) is 107 Å². The maximum absolute atomic E-state index is 10.4. The molecule has 2 aromatic heterocycles. The van der Waals surface area contributed by atoms with Crippen LogP contribution in [0.25, 0.3) is 61.5 Å². The zero-order chi connectivity index (χ0) is 35.1. The largest absolute Gasteiger partial charge is 0.312 e. The van der Waals surface area contributed by atoms with Crippen molar-refractivity contribution in [1.29, 1.82) is 15.8 Å². The predicted octanol–water partition coefficient (Wildman–Crippen LogP) is 10.4. The molecule has 7 aromatic rings. The van der Waals surface area contributed by atoms with Crippen LogP contribution in [0, 0.1) is 53.3 Å². The number of aryl methyl sites for hydroxylation is 1. The van der Waals surface area contributed by atoms with E-state index >= 15 is 0 Å². The standard InChI is InChI=1S/C46H31N5/c1-3-4-14-37-30(2)50(45-24-31(27-47)20-23-41(37)45)44-26-33(21-22-35(44)28-48)32-11-9-12-34(25-32)38-17-10-13-36(29-49)46(38)51-42-18-7-5-15-39(42)40-16-6-8-19-43(40)51/h1,5-7,9-13,15-18,20-26H,4,8,14,19H2,2H3. The fraction of sp³-hybridized carbons (Fsp3) is 0.109. The summed E-state index contributed by atoms with van der Waals surface area (Å²) in [7, 11) is 0. The van der Waals surface area contributed by atoms with Crippen molar-refractivity contribution in [2.45, 2.75) is 32.6 Å². The number of terminal acetylenes is 1. The molecule has 0 N–H and O–H groups in total. The van der Waals surface area contributed by atoms with Gasteiger partial charge in [0.1, 0.15) is 12.1 Å². The number of fused-ring (bicyclic) bond motifs is 4. The molecule has 0 spiro atoms. The molecule has 0 bridgehead atoms. The van der Waals surface area contributed by atoms with Crippen molar-refractivity contribution in [1.82, 2.24) is 9.13 Å². The number of aromatic nitrogens is 2. The quantitative estimate of drug-likeness (QED) is 0.168. The first-order chi connectivity index (χ1) is 25.1. The molecule has 0 saturated carbocycles. The van der Waals surface area contributed by atoms with E-state index in [0.717, 1.165) is 74.1 Å². The molecule has 0 aliphatic heterocycles. The summed E-state index contributed by atoms with van der Waals surface area (Å²) in [4.78, 5) is 0. The fourth-order valence-corrected chi connectivity index (χ4v) is 7.77. The molecule has 0 amide bonds. The van der Waals surface area contributed by atoms with Crippen LogP contribution in [0.1, 0.15) is 52.0 Å². The molecule has 2 heterocycles. The lowest BCUT2D eigenvalue weighted by Crippen LogP contribution is -2.06. The highest BCUT2D eigenvalue weighted by atomic mass is 15.0. The molecule has 51 heavy (non-hydrogen) atoms. The molecule has 1 aliphatic rings. The van der Waals surface area contributed by atoms with Crippen molar-refractivity contribution in [3.63, 3.8) is 0 Å². The normalized spacial score (nSPS) is 11.9. The van der Waals surface area contributed by atoms with Crippen LogP contribution in [0.2, 0.25) is 0 Å². The first-order valence-corrected chi connectivity index (χ1v) is 17.0. The SMILES string of the molecule is C#CCCc1c(C)n(-c2cc(-c3cccc(-c4cccc(C#N)c4-n4c5c(c6ccccc64)C=CCC5)c3)ccc2C#N)c2cc(C#N)ccc12. The highest BCUT2D eigenvalue weighted by molar-refractivity contribution is 5.95. The lowest BCUT2D eigenvalue weighted by molar-refractivity contribution is 0.888. The van der Waals surface area contributed by atoms with Crippen LogP contribution >= 0.6 is 0 Å². The minimum atomic E-state index is 0.531. The summed E-state index contributed by atoms with van der Waals surface area (Å²) in [5.74, 6) is 2.76. The van der Waals surface area contributed by atoms with Crippen molar-refractivity contribution >= 4 is 27.9 Å². The van der Waals surface area contributed by atoms with Crippen molar-refractivity contribution in [3.8, 4) is 64.2 Å². The summed E-state index contributed by atoms with van der Waals surface area (Å²) in [6.07, 6.45) is 13.2. The number of benzene rings is 5. The Morgan fingerprint density at radius 1 is 0.706 bits per heavy atom. The molecular formula is C46H31N5. The van der Waals surface area contributed by atoms with Crippen LogP contribution in [0.5, 0.6) is 0 Å². The lowest BCUT2D eigenvalue weighted by Gasteiger charge is -2.19. The Kier molecular flexibility index (Phi) is 7.82. The topological polar surface area (TPSA) is 81.2 Å². The third kappa shape index (κ3) is 5.09. The maximum Gasteiger partial charge on any atom is 0.101 e. The van der Waals surface area contributed by atoms with Crippen molar-refractivity contribution < 1.29 is 0 Å². The first-order valence-electron chi connectivity index (χ1n) is 17.0. The molecule has 5 nitrogen and oxygen atoms in total. The summed E-state index contributed by atoms with van der Waals surface area (Å²) in [6, 6.07) is 41.5. The number of nitrogens with zero attached hydrogens (tertiary/aromatic N) is 5. The van der Waals surface area contributed by atoms with Crippen molar-refractivity contribution in [2.24, 2.45) is 0 Å². The summed E-state index contributed by atoms with van der Waals surface area (Å²) in [5.41, 5.74) is 13.7. The average Bonchev–Trinajstić information content (AvgIpc) is 3.66. The van der Waals surface area contributed by atoms with E-state index in [0.29, 0.717) is 29.5 Å². The third-order valence-corrected chi connectivity index (χ3v) is 10.1. The molecule has 8 rings (SSSR count). The summed E-state index contributed by atoms with van der Waals surface area (Å²) in [6.45, 7) is 2.05. The van der Waals surface area contributed by atoms with E-state index in [9.17, 15) is 15.8 Å². The summed E-state index contributed by atoms with van der Waals surface area (Å²) < 4.78 is 4.39. The van der Waals surface area contributed by atoms with Gasteiger partial charge in [-0.2, -0.15) is 15.8 Å². The molecule has 0 atom stereocenters. The molecule has 5 aromatic carbocycles. The van der Waals surface area contributed by atoms with E-state index in [1.54, 1.807) is 0 Å². The molecule has 0 unspecified atom stereocenters. The minimum Gasteiger partial charge on any atom is -0.312 e. The predicted molar refractivity (Wildman–Crippen MR) is 204 cm³/mol. The van der Waals surface area contributed by atoms with Gasteiger partial charge in [-0.05, 0) is 90.9 Å². The van der Waals surface area contributed by atoms with Gasteiger partial charge in [0, 0.05) is 39.7 Å². The van der Waals surface area contributed by atoms with Gasteiger partial charge in [0.05, 0.1) is 45.2 Å². The van der Waals surface area contributed by atoms with Crippen molar-refractivity contribution in [3.05, 3.63) is 148 Å². The Bertz CT molecular complexity index is 2760. The maximum atomic E-state index is 10.4. The van der Waals surface area contributed by atoms with E-state index < -0.39 is 0 Å². The molecule has 0 saturated heterocycles. The van der Waals surface area contributed by atoms with E-state index in [1.165, 1.54) is 16.6 Å². The van der Waals surface area contributed by atoms with Gasteiger partial charge in [-0.3, -0.25) is 0 Å². The number of hydrogen-bond acceptors (Lipinski definition) is 3. The van der Waals surface area contributed by atoms with E-state index in [-0.39, 0.29) is 0 Å². The van der Waals surface area contributed by atoms with Gasteiger partial charge >= 0.3 is 0 Å². The average molecular weight is 654 g/mol. The Labute approximate surface area is 297 Å². The van der Waals surface area contributed by atoms with Gasteiger partial charge in [-0.25, -0.2) is 0 Å². The number of hydrogen-bond donors (Lipinski definition) is 0.